The van der Waals surface area contributed by atoms with Gasteiger partial charge in [0.15, 0.2) is 17.5 Å². The van der Waals surface area contributed by atoms with Gasteiger partial charge in [0.2, 0.25) is 0 Å². The molecule has 0 radical (unpaired) electrons. The number of rotatable bonds is 5. The summed E-state index contributed by atoms with van der Waals surface area (Å²) < 4.78 is 6.47. The van der Waals surface area contributed by atoms with Gasteiger partial charge in [-0.1, -0.05) is 152 Å². The molecule has 4 nitrogen and oxygen atoms in total. The Morgan fingerprint density at radius 2 is 0.873 bits per heavy atom. The number of hydrogen-bond donors (Lipinski definition) is 0. The van der Waals surface area contributed by atoms with Gasteiger partial charge in [-0.2, -0.15) is 0 Å². The number of aromatic nitrogens is 3. The van der Waals surface area contributed by atoms with Gasteiger partial charge in [-0.15, -0.1) is 0 Å². The average Bonchev–Trinajstić information content (AvgIpc) is 3.63. The van der Waals surface area contributed by atoms with E-state index in [9.17, 15) is 0 Å². The molecule has 0 fully saturated rings. The number of nitrogens with zero attached hydrogens (tertiary/aromatic N) is 3. The lowest BCUT2D eigenvalue weighted by atomic mass is 9.92. The largest absolute Gasteiger partial charge is 0.456 e. The Kier molecular flexibility index (Phi) is 7.14. The van der Waals surface area contributed by atoms with Gasteiger partial charge in [-0.25, -0.2) is 15.0 Å². The summed E-state index contributed by atoms with van der Waals surface area (Å²) in [4.78, 5) is 15.6. The number of benzene rings is 9. The van der Waals surface area contributed by atoms with Crippen LogP contribution in [0.15, 0.2) is 192 Å². The Balaban J connectivity index is 1.12. The minimum Gasteiger partial charge on any atom is -0.456 e. The zero-order valence-corrected chi connectivity index (χ0v) is 29.6. The van der Waals surface area contributed by atoms with Crippen LogP contribution >= 0.6 is 0 Å². The van der Waals surface area contributed by atoms with Crippen molar-refractivity contribution < 1.29 is 4.42 Å². The van der Waals surface area contributed by atoms with Gasteiger partial charge in [-0.3, -0.25) is 0 Å². The van der Waals surface area contributed by atoms with Crippen LogP contribution in [0.5, 0.6) is 0 Å². The van der Waals surface area contributed by atoms with Crippen molar-refractivity contribution in [3.63, 3.8) is 0 Å². The molecule has 11 aromatic rings. The number of fused-ring (bicyclic) bond motifs is 6. The van der Waals surface area contributed by atoms with Crippen LogP contribution in [0.3, 0.4) is 0 Å². The summed E-state index contributed by atoms with van der Waals surface area (Å²) in [6, 6.07) is 65.8. The first-order valence-corrected chi connectivity index (χ1v) is 18.5. The Morgan fingerprint density at radius 1 is 0.291 bits per heavy atom. The summed E-state index contributed by atoms with van der Waals surface area (Å²) in [7, 11) is 0. The van der Waals surface area contributed by atoms with Crippen LogP contribution in [0.4, 0.5) is 0 Å². The Hall–Kier alpha value is -7.43. The molecule has 2 heterocycles. The summed E-state index contributed by atoms with van der Waals surface area (Å²) in [5.41, 5.74) is 9.07. The van der Waals surface area contributed by atoms with E-state index in [0.717, 1.165) is 82.4 Å². The molecule has 256 valence electrons. The monoisotopic (exact) mass is 701 g/mol. The third-order valence-electron chi connectivity index (χ3n) is 10.7. The lowest BCUT2D eigenvalue weighted by Gasteiger charge is -2.14. The topological polar surface area (TPSA) is 51.8 Å². The van der Waals surface area contributed by atoms with E-state index >= 15 is 0 Å². The molecule has 0 aliphatic carbocycles. The smallest absolute Gasteiger partial charge is 0.164 e. The molecule has 55 heavy (non-hydrogen) atoms. The lowest BCUT2D eigenvalue weighted by molar-refractivity contribution is 0.669. The number of hydrogen-bond acceptors (Lipinski definition) is 4. The maximum Gasteiger partial charge on any atom is 0.164 e. The van der Waals surface area contributed by atoms with Gasteiger partial charge in [0.05, 0.1) is 0 Å². The van der Waals surface area contributed by atoms with Gasteiger partial charge in [-0.05, 0) is 91.0 Å². The molecule has 0 aliphatic heterocycles. The highest BCUT2D eigenvalue weighted by Crippen LogP contribution is 2.42. The van der Waals surface area contributed by atoms with E-state index in [1.54, 1.807) is 0 Å². The van der Waals surface area contributed by atoms with E-state index in [0.29, 0.717) is 17.5 Å². The zero-order valence-electron chi connectivity index (χ0n) is 29.6. The molecule has 0 bridgehead atoms. The third kappa shape index (κ3) is 5.34. The van der Waals surface area contributed by atoms with E-state index in [2.05, 4.69) is 182 Å². The van der Waals surface area contributed by atoms with Gasteiger partial charge in [0.25, 0.3) is 0 Å². The van der Waals surface area contributed by atoms with Crippen LogP contribution in [0.25, 0.3) is 111 Å². The van der Waals surface area contributed by atoms with Crippen molar-refractivity contribution in [2.75, 3.05) is 0 Å². The van der Waals surface area contributed by atoms with Crippen molar-refractivity contribution in [2.45, 2.75) is 0 Å². The Bertz CT molecular complexity index is 3270. The van der Waals surface area contributed by atoms with Crippen LogP contribution in [-0.4, -0.2) is 15.0 Å². The average molecular weight is 702 g/mol. The molecule has 4 heteroatoms. The highest BCUT2D eigenvalue weighted by Gasteiger charge is 2.19. The predicted octanol–water partition coefficient (Wildman–Crippen LogP) is 13.6. The molecular formula is C51H31N3O. The summed E-state index contributed by atoms with van der Waals surface area (Å²) in [5, 5.41) is 9.06. The molecule has 2 aromatic heterocycles. The normalized spacial score (nSPS) is 11.6. The fourth-order valence-corrected chi connectivity index (χ4v) is 8.02. The second-order valence-electron chi connectivity index (χ2n) is 14.0. The van der Waals surface area contributed by atoms with Crippen molar-refractivity contribution in [1.82, 2.24) is 15.0 Å². The minimum absolute atomic E-state index is 0.625. The van der Waals surface area contributed by atoms with E-state index < -0.39 is 0 Å². The molecule has 9 aromatic carbocycles. The molecule has 0 N–H and O–H groups in total. The first kappa shape index (κ1) is 31.1. The molecule has 0 aliphatic rings. The van der Waals surface area contributed by atoms with Crippen LogP contribution in [-0.2, 0) is 0 Å². The first-order valence-electron chi connectivity index (χ1n) is 18.5. The van der Waals surface area contributed by atoms with Crippen LogP contribution in [0.1, 0.15) is 0 Å². The summed E-state index contributed by atoms with van der Waals surface area (Å²) >= 11 is 0. The zero-order chi connectivity index (χ0) is 36.3. The summed E-state index contributed by atoms with van der Waals surface area (Å²) in [6.07, 6.45) is 0. The lowest BCUT2D eigenvalue weighted by Crippen LogP contribution is -2.01. The first-order chi connectivity index (χ1) is 27.2. The van der Waals surface area contributed by atoms with Crippen molar-refractivity contribution in [3.8, 4) is 56.4 Å². The van der Waals surface area contributed by atoms with Gasteiger partial charge in [0, 0.05) is 27.5 Å². The van der Waals surface area contributed by atoms with Crippen LogP contribution < -0.4 is 0 Å². The van der Waals surface area contributed by atoms with Crippen molar-refractivity contribution in [1.29, 1.82) is 0 Å². The molecular weight excluding hydrogens is 671 g/mol. The van der Waals surface area contributed by atoms with Gasteiger partial charge >= 0.3 is 0 Å². The Labute approximate surface area is 317 Å². The van der Waals surface area contributed by atoms with Crippen LogP contribution in [0, 0.1) is 0 Å². The van der Waals surface area contributed by atoms with Crippen molar-refractivity contribution in [3.05, 3.63) is 188 Å². The molecule has 0 unspecified atom stereocenters. The second kappa shape index (κ2) is 12.6. The molecule has 0 atom stereocenters. The molecule has 11 rings (SSSR count). The maximum absolute atomic E-state index is 6.47. The maximum atomic E-state index is 6.47. The van der Waals surface area contributed by atoms with E-state index in [1.165, 1.54) is 10.8 Å². The highest BCUT2D eigenvalue weighted by atomic mass is 16.3. The summed E-state index contributed by atoms with van der Waals surface area (Å²) in [5.74, 6) is 1.88. The molecule has 0 saturated heterocycles. The van der Waals surface area contributed by atoms with Gasteiger partial charge < -0.3 is 4.42 Å². The van der Waals surface area contributed by atoms with Gasteiger partial charge in [0.1, 0.15) is 11.2 Å². The standard InChI is InChI=1S/C51H31N3O/c1-2-12-32(13-3-1)35-18-10-19-38(28-35)49-52-50(39-25-24-33-14-4-5-15-34(33)29-39)54-51(53-49)44-27-26-42(40-20-8-9-21-41(40)44)43-22-11-23-46-48(43)45-30-36-16-6-7-17-37(36)31-47(45)55-46/h1-31H. The second-order valence-corrected chi connectivity index (χ2v) is 14.0. The molecule has 0 amide bonds. The van der Waals surface area contributed by atoms with E-state index in [1.807, 2.05) is 6.07 Å². The SMILES string of the molecule is c1ccc(-c2cccc(-c3nc(-c4ccc5ccccc5c4)nc(-c4ccc(-c5cccc6oc7cc8ccccc8cc7c56)c5ccccc45)n3)c2)cc1. The summed E-state index contributed by atoms with van der Waals surface area (Å²) in [6.45, 7) is 0. The minimum atomic E-state index is 0.625. The molecule has 0 saturated carbocycles. The van der Waals surface area contributed by atoms with Crippen LogP contribution in [0.2, 0.25) is 0 Å². The van der Waals surface area contributed by atoms with E-state index in [-0.39, 0.29) is 0 Å². The fourth-order valence-electron chi connectivity index (χ4n) is 8.02. The highest BCUT2D eigenvalue weighted by molar-refractivity contribution is 6.18. The third-order valence-corrected chi connectivity index (χ3v) is 10.7. The Morgan fingerprint density at radius 3 is 1.67 bits per heavy atom. The molecule has 0 spiro atoms. The predicted molar refractivity (Wildman–Crippen MR) is 227 cm³/mol. The number of furan rings is 1. The van der Waals surface area contributed by atoms with Crippen molar-refractivity contribution in [2.24, 2.45) is 0 Å². The fraction of sp³-hybridized carbons (Fsp3) is 0. The van der Waals surface area contributed by atoms with E-state index in [4.69, 9.17) is 19.4 Å². The quantitative estimate of drug-likeness (QED) is 0.179. The van der Waals surface area contributed by atoms with Crippen molar-refractivity contribution >= 4 is 54.3 Å².